The van der Waals surface area contributed by atoms with Crippen molar-refractivity contribution in [2.45, 2.75) is 38.1 Å². The molecule has 0 aliphatic carbocycles. The highest BCUT2D eigenvalue weighted by molar-refractivity contribution is 9.10. The molecule has 0 saturated carbocycles. The van der Waals surface area contributed by atoms with Gasteiger partial charge in [-0.1, -0.05) is 20.3 Å². The second kappa shape index (κ2) is 7.42. The van der Waals surface area contributed by atoms with Crippen molar-refractivity contribution < 1.29 is 12.8 Å². The number of rotatable bonds is 8. The molecule has 0 radical (unpaired) electrons. The molecule has 7 heteroatoms. The Bertz CT molecular complexity index is 499. The molecule has 0 saturated heterocycles. The molecule has 1 rings (SSSR count). The standard InChI is InChI=1S/C12H21BrN2O3S/c1-4-6-7-15(3)19(16,17)11-8-10(9-14-5-2)18-12(11)13/h8,14H,4-7,9H2,1-3H3. The van der Waals surface area contributed by atoms with Crippen LogP contribution in [0.2, 0.25) is 0 Å². The minimum absolute atomic E-state index is 0.194. The maximum absolute atomic E-state index is 12.4. The van der Waals surface area contributed by atoms with Gasteiger partial charge in [0.1, 0.15) is 10.7 Å². The predicted molar refractivity (Wildman–Crippen MR) is 78.5 cm³/mol. The number of unbranched alkanes of at least 4 members (excludes halogenated alkanes) is 1. The highest BCUT2D eigenvalue weighted by Crippen LogP contribution is 2.28. The summed E-state index contributed by atoms with van der Waals surface area (Å²) >= 11 is 3.18. The van der Waals surface area contributed by atoms with E-state index in [-0.39, 0.29) is 9.56 Å². The van der Waals surface area contributed by atoms with Gasteiger partial charge >= 0.3 is 0 Å². The van der Waals surface area contributed by atoms with Crippen LogP contribution in [0.4, 0.5) is 0 Å². The van der Waals surface area contributed by atoms with Gasteiger partial charge in [-0.25, -0.2) is 12.7 Å². The normalized spacial score (nSPS) is 12.3. The third-order valence-electron chi connectivity index (χ3n) is 2.77. The molecule has 0 bridgehead atoms. The molecule has 0 aliphatic heterocycles. The van der Waals surface area contributed by atoms with E-state index in [2.05, 4.69) is 21.2 Å². The Hall–Kier alpha value is -0.370. The Morgan fingerprint density at radius 3 is 2.68 bits per heavy atom. The average Bonchev–Trinajstić information content (AvgIpc) is 2.75. The molecule has 110 valence electrons. The third-order valence-corrected chi connectivity index (χ3v) is 5.48. The summed E-state index contributed by atoms with van der Waals surface area (Å²) in [7, 11) is -1.89. The average molecular weight is 353 g/mol. The van der Waals surface area contributed by atoms with Gasteiger partial charge in [-0.3, -0.25) is 0 Å². The van der Waals surface area contributed by atoms with Gasteiger partial charge in [-0.2, -0.15) is 0 Å². The second-order valence-electron chi connectivity index (χ2n) is 4.31. The summed E-state index contributed by atoms with van der Waals surface area (Å²) in [6.45, 7) is 5.84. The molecule has 0 aliphatic rings. The fourth-order valence-corrected chi connectivity index (χ4v) is 3.74. The van der Waals surface area contributed by atoms with Gasteiger partial charge in [0.15, 0.2) is 4.67 Å². The predicted octanol–water partition coefficient (Wildman–Crippen LogP) is 2.57. The minimum Gasteiger partial charge on any atom is -0.452 e. The van der Waals surface area contributed by atoms with Crippen molar-refractivity contribution >= 4 is 26.0 Å². The number of furan rings is 1. The molecule has 0 unspecified atom stereocenters. The lowest BCUT2D eigenvalue weighted by Crippen LogP contribution is -2.27. The van der Waals surface area contributed by atoms with Gasteiger partial charge < -0.3 is 9.73 Å². The van der Waals surface area contributed by atoms with Crippen molar-refractivity contribution in [2.75, 3.05) is 20.1 Å². The third kappa shape index (κ3) is 4.30. The maximum Gasteiger partial charge on any atom is 0.247 e. The topological polar surface area (TPSA) is 62.6 Å². The minimum atomic E-state index is -3.48. The molecular weight excluding hydrogens is 332 g/mol. The van der Waals surface area contributed by atoms with Gasteiger partial charge in [0.05, 0.1) is 6.54 Å². The summed E-state index contributed by atoms with van der Waals surface area (Å²) in [5.74, 6) is 0.608. The quantitative estimate of drug-likeness (QED) is 0.780. The Kier molecular flexibility index (Phi) is 6.52. The van der Waals surface area contributed by atoms with Crippen molar-refractivity contribution in [3.8, 4) is 0 Å². The van der Waals surface area contributed by atoms with Crippen LogP contribution in [0.25, 0.3) is 0 Å². The SMILES string of the molecule is CCCCN(C)S(=O)(=O)c1cc(CNCC)oc1Br. The molecule has 0 amide bonds. The van der Waals surface area contributed by atoms with E-state index in [4.69, 9.17) is 4.42 Å². The maximum atomic E-state index is 12.4. The van der Waals surface area contributed by atoms with Crippen LogP contribution in [0.15, 0.2) is 20.0 Å². The van der Waals surface area contributed by atoms with E-state index in [0.29, 0.717) is 18.8 Å². The van der Waals surface area contributed by atoms with E-state index >= 15 is 0 Å². The number of hydrogen-bond acceptors (Lipinski definition) is 4. The van der Waals surface area contributed by atoms with E-state index < -0.39 is 10.0 Å². The molecule has 1 N–H and O–H groups in total. The zero-order chi connectivity index (χ0) is 14.5. The zero-order valence-electron chi connectivity index (χ0n) is 11.6. The van der Waals surface area contributed by atoms with Crippen LogP contribution in [-0.2, 0) is 16.6 Å². The van der Waals surface area contributed by atoms with Crippen LogP contribution in [0.1, 0.15) is 32.4 Å². The van der Waals surface area contributed by atoms with Crippen molar-refractivity contribution in [2.24, 2.45) is 0 Å². The summed E-state index contributed by atoms with van der Waals surface area (Å²) in [6, 6.07) is 1.57. The zero-order valence-corrected chi connectivity index (χ0v) is 14.0. The largest absolute Gasteiger partial charge is 0.452 e. The first-order valence-corrected chi connectivity index (χ1v) is 8.62. The van der Waals surface area contributed by atoms with Crippen LogP contribution < -0.4 is 5.32 Å². The summed E-state index contributed by atoms with van der Waals surface area (Å²) in [4.78, 5) is 0.194. The Labute approximate surface area is 123 Å². The highest BCUT2D eigenvalue weighted by atomic mass is 79.9. The van der Waals surface area contributed by atoms with Gasteiger partial charge in [0.2, 0.25) is 10.0 Å². The van der Waals surface area contributed by atoms with E-state index in [1.807, 2.05) is 13.8 Å². The van der Waals surface area contributed by atoms with Crippen LogP contribution >= 0.6 is 15.9 Å². The van der Waals surface area contributed by atoms with Crippen molar-refractivity contribution in [1.82, 2.24) is 9.62 Å². The van der Waals surface area contributed by atoms with Crippen molar-refractivity contribution in [3.05, 3.63) is 16.5 Å². The smallest absolute Gasteiger partial charge is 0.247 e. The Balaban J connectivity index is 2.91. The number of nitrogens with one attached hydrogen (secondary N) is 1. The molecule has 0 aromatic carbocycles. The summed E-state index contributed by atoms with van der Waals surface area (Å²) in [5.41, 5.74) is 0. The Morgan fingerprint density at radius 1 is 1.42 bits per heavy atom. The molecule has 0 spiro atoms. The molecule has 1 heterocycles. The first kappa shape index (κ1) is 16.7. The molecule has 0 atom stereocenters. The lowest BCUT2D eigenvalue weighted by molar-refractivity contribution is 0.449. The summed E-state index contributed by atoms with van der Waals surface area (Å²) in [5, 5.41) is 3.10. The summed E-state index contributed by atoms with van der Waals surface area (Å²) in [6.07, 6.45) is 1.80. The van der Waals surface area contributed by atoms with Gasteiger partial charge in [0.25, 0.3) is 0 Å². The monoisotopic (exact) mass is 352 g/mol. The first-order chi connectivity index (χ1) is 8.93. The number of halogens is 1. The van der Waals surface area contributed by atoms with E-state index in [9.17, 15) is 8.42 Å². The number of hydrogen-bond donors (Lipinski definition) is 1. The lowest BCUT2D eigenvalue weighted by atomic mass is 10.3. The Morgan fingerprint density at radius 2 is 2.11 bits per heavy atom. The highest BCUT2D eigenvalue weighted by Gasteiger charge is 2.26. The lowest BCUT2D eigenvalue weighted by Gasteiger charge is -2.15. The van der Waals surface area contributed by atoms with E-state index in [1.54, 1.807) is 13.1 Å². The first-order valence-electron chi connectivity index (χ1n) is 6.38. The second-order valence-corrected chi connectivity index (χ2v) is 7.04. The number of sulfonamides is 1. The van der Waals surface area contributed by atoms with Crippen LogP contribution in [-0.4, -0.2) is 32.9 Å². The van der Waals surface area contributed by atoms with E-state index in [0.717, 1.165) is 19.4 Å². The van der Waals surface area contributed by atoms with Crippen LogP contribution in [0, 0.1) is 0 Å². The fourth-order valence-electron chi connectivity index (χ4n) is 1.58. The van der Waals surface area contributed by atoms with Crippen LogP contribution in [0.5, 0.6) is 0 Å². The van der Waals surface area contributed by atoms with Gasteiger partial charge in [-0.15, -0.1) is 0 Å². The van der Waals surface area contributed by atoms with Crippen molar-refractivity contribution in [1.29, 1.82) is 0 Å². The molecule has 0 fully saturated rings. The van der Waals surface area contributed by atoms with E-state index in [1.165, 1.54) is 4.31 Å². The molecule has 5 nitrogen and oxygen atoms in total. The van der Waals surface area contributed by atoms with Gasteiger partial charge in [-0.05, 0) is 28.9 Å². The van der Waals surface area contributed by atoms with Crippen LogP contribution in [0.3, 0.4) is 0 Å². The fraction of sp³-hybridized carbons (Fsp3) is 0.667. The van der Waals surface area contributed by atoms with Crippen molar-refractivity contribution in [3.63, 3.8) is 0 Å². The molecule has 1 aromatic heterocycles. The molecule has 19 heavy (non-hydrogen) atoms. The summed E-state index contributed by atoms with van der Waals surface area (Å²) < 4.78 is 31.8. The van der Waals surface area contributed by atoms with Gasteiger partial charge in [0, 0.05) is 19.7 Å². The number of nitrogens with zero attached hydrogens (tertiary/aromatic N) is 1. The molecule has 1 aromatic rings. The molecular formula is C12H21BrN2O3S.